The lowest BCUT2D eigenvalue weighted by molar-refractivity contribution is -0.0762. The SMILES string of the molecule is COCCn1ncc(Br)c1C(O)C1(O)CCCC1. The monoisotopic (exact) mass is 318 g/mol. The first-order chi connectivity index (χ1) is 8.58. The molecule has 18 heavy (non-hydrogen) atoms. The number of aliphatic hydroxyl groups excluding tert-OH is 1. The van der Waals surface area contributed by atoms with Gasteiger partial charge in [0.15, 0.2) is 0 Å². The third-order valence-corrected chi connectivity index (χ3v) is 4.19. The molecule has 6 heteroatoms. The third-order valence-electron chi connectivity index (χ3n) is 3.58. The van der Waals surface area contributed by atoms with Crippen molar-refractivity contribution in [2.24, 2.45) is 0 Å². The number of rotatable bonds is 5. The summed E-state index contributed by atoms with van der Waals surface area (Å²) in [7, 11) is 1.62. The number of nitrogens with zero attached hydrogens (tertiary/aromatic N) is 2. The van der Waals surface area contributed by atoms with Gasteiger partial charge in [0, 0.05) is 7.11 Å². The summed E-state index contributed by atoms with van der Waals surface area (Å²) in [4.78, 5) is 0. The highest BCUT2D eigenvalue weighted by atomic mass is 79.9. The molecule has 1 atom stereocenters. The molecule has 102 valence electrons. The molecule has 1 unspecified atom stereocenters. The van der Waals surface area contributed by atoms with Crippen molar-refractivity contribution in [3.05, 3.63) is 16.4 Å². The summed E-state index contributed by atoms with van der Waals surface area (Å²) in [6.45, 7) is 1.08. The highest BCUT2D eigenvalue weighted by molar-refractivity contribution is 9.10. The zero-order valence-electron chi connectivity index (χ0n) is 10.5. The molecule has 0 saturated heterocycles. The highest BCUT2D eigenvalue weighted by Crippen LogP contribution is 2.41. The summed E-state index contributed by atoms with van der Waals surface area (Å²) in [5, 5.41) is 25.1. The van der Waals surface area contributed by atoms with Crippen LogP contribution in [-0.4, -0.2) is 39.3 Å². The maximum atomic E-state index is 10.5. The van der Waals surface area contributed by atoms with Gasteiger partial charge in [0.2, 0.25) is 0 Å². The van der Waals surface area contributed by atoms with Crippen molar-refractivity contribution in [3.8, 4) is 0 Å². The average molecular weight is 319 g/mol. The van der Waals surface area contributed by atoms with Crippen molar-refractivity contribution < 1.29 is 14.9 Å². The second-order valence-electron chi connectivity index (χ2n) is 4.81. The third kappa shape index (κ3) is 2.61. The lowest BCUT2D eigenvalue weighted by Gasteiger charge is -2.29. The van der Waals surface area contributed by atoms with Crippen LogP contribution in [0.3, 0.4) is 0 Å². The van der Waals surface area contributed by atoms with Crippen LogP contribution < -0.4 is 0 Å². The van der Waals surface area contributed by atoms with Gasteiger partial charge < -0.3 is 14.9 Å². The number of halogens is 1. The van der Waals surface area contributed by atoms with Gasteiger partial charge in [0.1, 0.15) is 6.10 Å². The van der Waals surface area contributed by atoms with Crippen molar-refractivity contribution in [3.63, 3.8) is 0 Å². The quantitative estimate of drug-likeness (QED) is 0.866. The smallest absolute Gasteiger partial charge is 0.125 e. The van der Waals surface area contributed by atoms with Crippen LogP contribution >= 0.6 is 15.9 Å². The van der Waals surface area contributed by atoms with E-state index in [-0.39, 0.29) is 0 Å². The molecule has 2 rings (SSSR count). The molecule has 0 aromatic carbocycles. The van der Waals surface area contributed by atoms with E-state index in [2.05, 4.69) is 21.0 Å². The van der Waals surface area contributed by atoms with Gasteiger partial charge in [-0.2, -0.15) is 5.10 Å². The Labute approximate surface area is 115 Å². The van der Waals surface area contributed by atoms with Crippen molar-refractivity contribution in [1.82, 2.24) is 9.78 Å². The van der Waals surface area contributed by atoms with Gasteiger partial charge in [-0.05, 0) is 28.8 Å². The number of hydrogen-bond acceptors (Lipinski definition) is 4. The predicted octanol–water partition coefficient (Wildman–Crippen LogP) is 1.63. The van der Waals surface area contributed by atoms with E-state index in [9.17, 15) is 10.2 Å². The molecule has 0 amide bonds. The number of ether oxygens (including phenoxy) is 1. The summed E-state index contributed by atoms with van der Waals surface area (Å²) in [6, 6.07) is 0. The standard InChI is InChI=1S/C12H19BrN2O3/c1-18-7-6-15-10(9(13)8-14-15)11(16)12(17)4-2-3-5-12/h8,11,16-17H,2-7H2,1H3. The van der Waals surface area contributed by atoms with Crippen LogP contribution in [0.2, 0.25) is 0 Å². The topological polar surface area (TPSA) is 67.5 Å². The van der Waals surface area contributed by atoms with Crippen LogP contribution in [-0.2, 0) is 11.3 Å². The summed E-state index contributed by atoms with van der Waals surface area (Å²) < 4.78 is 7.44. The lowest BCUT2D eigenvalue weighted by atomic mass is 9.92. The number of methoxy groups -OCH3 is 1. The van der Waals surface area contributed by atoms with E-state index in [1.807, 2.05) is 0 Å². The molecule has 0 aliphatic heterocycles. The summed E-state index contributed by atoms with van der Waals surface area (Å²) in [5.41, 5.74) is -0.385. The fourth-order valence-corrected chi connectivity index (χ4v) is 3.03. The van der Waals surface area contributed by atoms with E-state index in [1.54, 1.807) is 18.0 Å². The lowest BCUT2D eigenvalue weighted by Crippen LogP contribution is -2.34. The largest absolute Gasteiger partial charge is 0.387 e. The first-order valence-corrected chi connectivity index (χ1v) is 6.98. The molecule has 1 aliphatic carbocycles. The first kappa shape index (κ1) is 14.0. The molecule has 1 aliphatic rings. The molecule has 1 aromatic heterocycles. The fourth-order valence-electron chi connectivity index (χ4n) is 2.51. The van der Waals surface area contributed by atoms with Crippen LogP contribution in [0.5, 0.6) is 0 Å². The Balaban J connectivity index is 2.23. The summed E-state index contributed by atoms with van der Waals surface area (Å²) >= 11 is 3.39. The maximum Gasteiger partial charge on any atom is 0.125 e. The molecule has 1 aromatic rings. The Kier molecular flexibility index (Phi) is 4.42. The minimum absolute atomic E-state index is 0.520. The van der Waals surface area contributed by atoms with E-state index in [0.29, 0.717) is 31.7 Å². The van der Waals surface area contributed by atoms with Gasteiger partial charge in [-0.1, -0.05) is 12.8 Å². The van der Waals surface area contributed by atoms with E-state index in [0.717, 1.165) is 17.3 Å². The molecule has 0 bridgehead atoms. The van der Waals surface area contributed by atoms with Crippen molar-refractivity contribution in [2.45, 2.75) is 43.9 Å². The van der Waals surface area contributed by atoms with Gasteiger partial charge >= 0.3 is 0 Å². The van der Waals surface area contributed by atoms with E-state index < -0.39 is 11.7 Å². The normalized spacial score (nSPS) is 20.2. The predicted molar refractivity (Wildman–Crippen MR) is 70.2 cm³/mol. The van der Waals surface area contributed by atoms with Gasteiger partial charge in [0.25, 0.3) is 0 Å². The Hall–Kier alpha value is -0.430. The highest BCUT2D eigenvalue weighted by Gasteiger charge is 2.41. The number of hydrogen-bond donors (Lipinski definition) is 2. The average Bonchev–Trinajstić information content (AvgIpc) is 2.93. The summed E-state index contributed by atoms with van der Waals surface area (Å²) in [6.07, 6.45) is 3.92. The maximum absolute atomic E-state index is 10.5. The van der Waals surface area contributed by atoms with Gasteiger partial charge in [-0.15, -0.1) is 0 Å². The Morgan fingerprint density at radius 2 is 2.22 bits per heavy atom. The molecule has 0 radical (unpaired) electrons. The molecule has 5 nitrogen and oxygen atoms in total. The van der Waals surface area contributed by atoms with Gasteiger partial charge in [-0.25, -0.2) is 0 Å². The molecular formula is C12H19BrN2O3. The van der Waals surface area contributed by atoms with E-state index in [4.69, 9.17) is 4.74 Å². The van der Waals surface area contributed by atoms with E-state index >= 15 is 0 Å². The molecular weight excluding hydrogens is 300 g/mol. The molecule has 1 heterocycles. The second-order valence-corrected chi connectivity index (χ2v) is 5.66. The first-order valence-electron chi connectivity index (χ1n) is 6.19. The second kappa shape index (κ2) is 5.69. The molecule has 2 N–H and O–H groups in total. The van der Waals surface area contributed by atoms with Crippen LogP contribution in [0.25, 0.3) is 0 Å². The van der Waals surface area contributed by atoms with Crippen LogP contribution in [0.15, 0.2) is 10.7 Å². The van der Waals surface area contributed by atoms with Crippen molar-refractivity contribution in [1.29, 1.82) is 0 Å². The zero-order valence-corrected chi connectivity index (χ0v) is 12.1. The summed E-state index contributed by atoms with van der Waals surface area (Å²) in [5.74, 6) is 0. The van der Waals surface area contributed by atoms with Gasteiger partial charge in [0.05, 0.1) is 35.1 Å². The zero-order chi connectivity index (χ0) is 13.2. The minimum atomic E-state index is -1.02. The molecule has 1 fully saturated rings. The van der Waals surface area contributed by atoms with Gasteiger partial charge in [-0.3, -0.25) is 4.68 Å². The molecule has 0 spiro atoms. The van der Waals surface area contributed by atoms with E-state index in [1.165, 1.54) is 0 Å². The van der Waals surface area contributed by atoms with Crippen molar-refractivity contribution in [2.75, 3.05) is 13.7 Å². The number of aromatic nitrogens is 2. The molecule has 1 saturated carbocycles. The Bertz CT molecular complexity index is 402. The Morgan fingerprint density at radius 1 is 1.56 bits per heavy atom. The van der Waals surface area contributed by atoms with Crippen LogP contribution in [0.4, 0.5) is 0 Å². The minimum Gasteiger partial charge on any atom is -0.387 e. The fraction of sp³-hybridized carbons (Fsp3) is 0.750. The Morgan fingerprint density at radius 3 is 2.83 bits per heavy atom. The number of aliphatic hydroxyl groups is 2. The van der Waals surface area contributed by atoms with Crippen LogP contribution in [0, 0.1) is 0 Å². The van der Waals surface area contributed by atoms with Crippen molar-refractivity contribution >= 4 is 15.9 Å². The van der Waals surface area contributed by atoms with Crippen LogP contribution in [0.1, 0.15) is 37.5 Å².